The largest absolute Gasteiger partial charge is 0.337 e. The van der Waals surface area contributed by atoms with Gasteiger partial charge in [-0.2, -0.15) is 5.10 Å². The zero-order chi connectivity index (χ0) is 27.2. The Morgan fingerprint density at radius 3 is 2.73 bits per heavy atom. The summed E-state index contributed by atoms with van der Waals surface area (Å²) >= 11 is 1.46. The molecule has 1 aromatic carbocycles. The Bertz CT molecular complexity index is 1910. The fourth-order valence-electron chi connectivity index (χ4n) is 5.35. The molecule has 198 valence electrons. The fraction of sp³-hybridized carbons (Fsp3) is 0.200. The number of imidazole rings is 1. The Labute approximate surface area is 233 Å². The Morgan fingerprint density at radius 1 is 1.02 bits per heavy atom. The van der Waals surface area contributed by atoms with Crippen LogP contribution in [0.4, 0.5) is 5.69 Å². The van der Waals surface area contributed by atoms with Gasteiger partial charge in [-0.25, -0.2) is 4.98 Å². The summed E-state index contributed by atoms with van der Waals surface area (Å²) in [7, 11) is 0. The smallest absolute Gasteiger partial charge is 0.227 e. The van der Waals surface area contributed by atoms with Gasteiger partial charge in [0.25, 0.3) is 0 Å². The number of rotatable bonds is 6. The van der Waals surface area contributed by atoms with Crippen molar-refractivity contribution in [3.05, 3.63) is 65.9 Å². The van der Waals surface area contributed by atoms with Crippen molar-refractivity contribution in [3.63, 3.8) is 0 Å². The van der Waals surface area contributed by atoms with Gasteiger partial charge in [0, 0.05) is 33.5 Å². The van der Waals surface area contributed by atoms with Crippen molar-refractivity contribution < 1.29 is 9.59 Å². The minimum atomic E-state index is 0.0514. The zero-order valence-corrected chi connectivity index (χ0v) is 22.5. The van der Waals surface area contributed by atoms with Gasteiger partial charge in [0.05, 0.1) is 45.2 Å². The number of ketones is 1. The van der Waals surface area contributed by atoms with Crippen LogP contribution in [0.25, 0.3) is 55.2 Å². The molecule has 3 N–H and O–H groups in total. The lowest BCUT2D eigenvalue weighted by Crippen LogP contribution is -2.20. The first kappa shape index (κ1) is 24.3. The maximum atomic E-state index is 12.6. The highest BCUT2D eigenvalue weighted by Gasteiger charge is 2.23. The molecule has 5 aromatic heterocycles. The van der Waals surface area contributed by atoms with Crippen molar-refractivity contribution >= 4 is 50.7 Å². The minimum absolute atomic E-state index is 0.0514. The summed E-state index contributed by atoms with van der Waals surface area (Å²) in [6.07, 6.45) is 9.24. The highest BCUT2D eigenvalue weighted by atomic mass is 32.1. The van der Waals surface area contributed by atoms with E-state index in [4.69, 9.17) is 4.98 Å². The van der Waals surface area contributed by atoms with Crippen LogP contribution in [0.15, 0.2) is 61.1 Å². The zero-order valence-electron chi connectivity index (χ0n) is 21.7. The standard InChI is InChI=1S/C30H25N7O2S/c1-16(38)25-9-10-26(40-25)20-7-4-8-22-27(20)35-29(34-22)28-21-12-23(32-15-24(21)36-37-28)18-11-19(14-31-13-18)33-30(39)17-5-2-3-6-17/h4,7-15,17H,2-3,5-6H2,1H3,(H,33,39)(H,34,35)(H,36,37). The van der Waals surface area contributed by atoms with Crippen LogP contribution in [0.2, 0.25) is 0 Å². The second-order valence-electron chi connectivity index (χ2n) is 10.1. The van der Waals surface area contributed by atoms with Crippen LogP contribution < -0.4 is 5.32 Å². The van der Waals surface area contributed by atoms with Crippen LogP contribution in [0.1, 0.15) is 42.3 Å². The SMILES string of the molecule is CC(=O)c1ccc(-c2cccc3[nH]c(-c4n[nH]c5cnc(-c6cncc(NC(=O)C7CCCC7)c6)cc45)nc23)s1. The summed E-state index contributed by atoms with van der Waals surface area (Å²) in [5.74, 6) is 0.814. The number of carbonyl (C=O) groups is 2. The molecule has 1 fully saturated rings. The average molecular weight is 548 g/mol. The number of fused-ring (bicyclic) bond motifs is 2. The Balaban J connectivity index is 1.24. The molecule has 40 heavy (non-hydrogen) atoms. The number of benzene rings is 1. The summed E-state index contributed by atoms with van der Waals surface area (Å²) in [5.41, 5.74) is 6.28. The van der Waals surface area contributed by atoms with E-state index in [1.165, 1.54) is 11.3 Å². The number of aromatic amines is 2. The van der Waals surface area contributed by atoms with Crippen LogP contribution in [0.3, 0.4) is 0 Å². The molecular weight excluding hydrogens is 522 g/mol. The molecule has 9 nitrogen and oxygen atoms in total. The van der Waals surface area contributed by atoms with Crippen molar-refractivity contribution in [2.45, 2.75) is 32.6 Å². The summed E-state index contributed by atoms with van der Waals surface area (Å²) in [5, 5.41) is 11.5. The third-order valence-electron chi connectivity index (χ3n) is 7.43. The molecule has 0 atom stereocenters. The van der Waals surface area contributed by atoms with Gasteiger partial charge in [-0.15, -0.1) is 11.3 Å². The number of Topliss-reactive ketones (excluding diaryl/α,β-unsaturated/α-hetero) is 1. The molecule has 0 aliphatic heterocycles. The molecule has 1 amide bonds. The van der Waals surface area contributed by atoms with Gasteiger partial charge < -0.3 is 10.3 Å². The Kier molecular flexibility index (Phi) is 5.96. The topological polar surface area (TPSA) is 129 Å². The average Bonchev–Trinajstić information content (AvgIpc) is 3.78. The van der Waals surface area contributed by atoms with E-state index >= 15 is 0 Å². The Morgan fingerprint density at radius 2 is 1.90 bits per heavy atom. The summed E-state index contributed by atoms with van der Waals surface area (Å²) in [6, 6.07) is 13.6. The van der Waals surface area contributed by atoms with Crippen molar-refractivity contribution in [3.8, 4) is 33.2 Å². The molecule has 7 rings (SSSR count). The van der Waals surface area contributed by atoms with Crippen LogP contribution in [-0.2, 0) is 4.79 Å². The van der Waals surface area contributed by atoms with Crippen molar-refractivity contribution in [2.24, 2.45) is 5.92 Å². The predicted octanol–water partition coefficient (Wildman–Crippen LogP) is 6.62. The molecule has 1 aliphatic rings. The second-order valence-corrected chi connectivity index (χ2v) is 11.2. The van der Waals surface area contributed by atoms with E-state index in [1.807, 2.05) is 42.5 Å². The number of hydrogen-bond acceptors (Lipinski definition) is 7. The quantitative estimate of drug-likeness (QED) is 0.201. The van der Waals surface area contributed by atoms with E-state index in [0.29, 0.717) is 22.9 Å². The van der Waals surface area contributed by atoms with Gasteiger partial charge >= 0.3 is 0 Å². The fourth-order valence-corrected chi connectivity index (χ4v) is 6.28. The number of amides is 1. The number of para-hydroxylation sites is 1. The molecule has 0 radical (unpaired) electrons. The van der Waals surface area contributed by atoms with Crippen LogP contribution >= 0.6 is 11.3 Å². The monoisotopic (exact) mass is 547 g/mol. The van der Waals surface area contributed by atoms with Crippen LogP contribution in [-0.4, -0.2) is 41.8 Å². The van der Waals surface area contributed by atoms with E-state index in [2.05, 4.69) is 30.5 Å². The van der Waals surface area contributed by atoms with E-state index in [1.54, 1.807) is 25.5 Å². The molecule has 1 saturated carbocycles. The summed E-state index contributed by atoms with van der Waals surface area (Å²) in [6.45, 7) is 1.58. The van der Waals surface area contributed by atoms with E-state index in [0.717, 1.165) is 68.5 Å². The first-order valence-corrected chi connectivity index (χ1v) is 14.1. The lowest BCUT2D eigenvalue weighted by molar-refractivity contribution is -0.119. The molecule has 6 aromatic rings. The van der Waals surface area contributed by atoms with Crippen LogP contribution in [0, 0.1) is 5.92 Å². The van der Waals surface area contributed by atoms with E-state index in [-0.39, 0.29) is 17.6 Å². The van der Waals surface area contributed by atoms with Crippen LogP contribution in [0.5, 0.6) is 0 Å². The molecule has 5 heterocycles. The number of hydrogen-bond donors (Lipinski definition) is 3. The predicted molar refractivity (Wildman–Crippen MR) is 156 cm³/mol. The maximum absolute atomic E-state index is 12.6. The second kappa shape index (κ2) is 9.80. The molecule has 0 unspecified atom stereocenters. The molecule has 0 saturated heterocycles. The van der Waals surface area contributed by atoms with Crippen molar-refractivity contribution in [1.29, 1.82) is 0 Å². The van der Waals surface area contributed by atoms with Crippen molar-refractivity contribution in [1.82, 2.24) is 30.1 Å². The van der Waals surface area contributed by atoms with Gasteiger partial charge in [0.2, 0.25) is 5.91 Å². The molecule has 1 aliphatic carbocycles. The molecular formula is C30H25N7O2S. The number of thiophene rings is 1. The molecule has 0 spiro atoms. The van der Waals surface area contributed by atoms with E-state index < -0.39 is 0 Å². The minimum Gasteiger partial charge on any atom is -0.337 e. The molecule has 10 heteroatoms. The lowest BCUT2D eigenvalue weighted by atomic mass is 10.1. The van der Waals surface area contributed by atoms with Gasteiger partial charge in [0.1, 0.15) is 5.69 Å². The first-order chi connectivity index (χ1) is 19.5. The number of anilines is 1. The van der Waals surface area contributed by atoms with Gasteiger partial charge in [-0.3, -0.25) is 24.7 Å². The first-order valence-electron chi connectivity index (χ1n) is 13.2. The number of aromatic nitrogens is 6. The lowest BCUT2D eigenvalue weighted by Gasteiger charge is -2.11. The Hall–Kier alpha value is -4.70. The third-order valence-corrected chi connectivity index (χ3v) is 8.65. The highest BCUT2D eigenvalue weighted by molar-refractivity contribution is 7.17. The number of carbonyl (C=O) groups excluding carboxylic acids is 2. The van der Waals surface area contributed by atoms with E-state index in [9.17, 15) is 9.59 Å². The van der Waals surface area contributed by atoms with Gasteiger partial charge in [0.15, 0.2) is 11.6 Å². The normalized spacial score (nSPS) is 13.8. The van der Waals surface area contributed by atoms with Gasteiger partial charge in [-0.05, 0) is 50.1 Å². The highest BCUT2D eigenvalue weighted by Crippen LogP contribution is 2.35. The third kappa shape index (κ3) is 4.36. The molecule has 0 bridgehead atoms. The number of pyridine rings is 2. The maximum Gasteiger partial charge on any atom is 0.227 e. The van der Waals surface area contributed by atoms with Crippen molar-refractivity contribution in [2.75, 3.05) is 5.32 Å². The summed E-state index contributed by atoms with van der Waals surface area (Å²) < 4.78 is 0. The summed E-state index contributed by atoms with van der Waals surface area (Å²) in [4.78, 5) is 43.5. The number of nitrogens with one attached hydrogen (secondary N) is 3. The van der Waals surface area contributed by atoms with Gasteiger partial charge in [-0.1, -0.05) is 25.0 Å². The number of nitrogens with zero attached hydrogens (tertiary/aromatic N) is 4. The number of H-pyrrole nitrogens is 2.